The Kier molecular flexibility index (Phi) is 3.85. The van der Waals surface area contributed by atoms with Gasteiger partial charge in [0.2, 0.25) is 0 Å². The van der Waals surface area contributed by atoms with E-state index in [1.54, 1.807) is 0 Å². The Hall–Kier alpha value is -1.36. The first-order valence-electron chi connectivity index (χ1n) is 5.19. The van der Waals surface area contributed by atoms with Crippen LogP contribution in [-0.4, -0.2) is 23.6 Å². The molecule has 15 heavy (non-hydrogen) atoms. The monoisotopic (exact) mass is 209 g/mol. The normalized spacial score (nSPS) is 10.2. The number of anilines is 2. The van der Waals surface area contributed by atoms with Crippen molar-refractivity contribution in [2.45, 2.75) is 27.2 Å². The number of nitrogens with two attached hydrogens (primary N) is 1. The lowest BCUT2D eigenvalue weighted by Gasteiger charge is -2.20. The molecule has 0 saturated heterocycles. The molecule has 0 atom stereocenters. The third-order valence-electron chi connectivity index (χ3n) is 2.46. The number of hydrogen-bond acceptors (Lipinski definition) is 5. The summed E-state index contributed by atoms with van der Waals surface area (Å²) in [6.45, 7) is 6.99. The van der Waals surface area contributed by atoms with E-state index < -0.39 is 0 Å². The van der Waals surface area contributed by atoms with Crippen molar-refractivity contribution in [3.8, 4) is 0 Å². The Balaban J connectivity index is 3.23. The minimum absolute atomic E-state index is 0.706. The Morgan fingerprint density at radius 1 is 1.33 bits per heavy atom. The predicted octanol–water partition coefficient (Wildman–Crippen LogP) is 1.09. The van der Waals surface area contributed by atoms with Gasteiger partial charge in [-0.15, -0.1) is 0 Å². The van der Waals surface area contributed by atoms with Gasteiger partial charge in [0.05, 0.1) is 0 Å². The second-order valence-electron chi connectivity index (χ2n) is 3.45. The lowest BCUT2D eigenvalue weighted by atomic mass is 10.2. The van der Waals surface area contributed by atoms with Crippen LogP contribution < -0.4 is 16.2 Å². The number of hydrogen-bond donors (Lipinski definition) is 2. The smallest absolute Gasteiger partial charge is 0.148 e. The second kappa shape index (κ2) is 4.93. The molecular formula is C10H19N5. The van der Waals surface area contributed by atoms with Crippen LogP contribution in [0.3, 0.4) is 0 Å². The molecule has 1 aromatic rings. The van der Waals surface area contributed by atoms with Crippen LogP contribution >= 0.6 is 0 Å². The number of nitrogen functional groups attached to an aromatic ring is 1. The van der Waals surface area contributed by atoms with E-state index in [4.69, 9.17) is 5.84 Å². The molecule has 0 bridgehead atoms. The van der Waals surface area contributed by atoms with Crippen LogP contribution in [0, 0.1) is 6.92 Å². The molecule has 0 aliphatic heterocycles. The summed E-state index contributed by atoms with van der Waals surface area (Å²) in [4.78, 5) is 10.9. The summed E-state index contributed by atoms with van der Waals surface area (Å²) in [6.07, 6.45) is 0.805. The topological polar surface area (TPSA) is 67.1 Å². The maximum absolute atomic E-state index is 5.43. The summed E-state index contributed by atoms with van der Waals surface area (Å²) >= 11 is 0. The molecule has 5 heteroatoms. The number of nitrogens with one attached hydrogen (secondary N) is 1. The number of rotatable bonds is 4. The zero-order chi connectivity index (χ0) is 11.4. The molecule has 0 saturated carbocycles. The van der Waals surface area contributed by atoms with Crippen molar-refractivity contribution < 1.29 is 0 Å². The zero-order valence-corrected chi connectivity index (χ0v) is 9.83. The average molecular weight is 209 g/mol. The molecule has 0 aromatic carbocycles. The molecule has 0 aliphatic carbocycles. The third-order valence-corrected chi connectivity index (χ3v) is 2.46. The Morgan fingerprint density at radius 2 is 2.00 bits per heavy atom. The van der Waals surface area contributed by atoms with E-state index in [9.17, 15) is 0 Å². The third kappa shape index (κ3) is 2.36. The van der Waals surface area contributed by atoms with Gasteiger partial charge < -0.3 is 10.3 Å². The van der Waals surface area contributed by atoms with Gasteiger partial charge in [-0.25, -0.2) is 15.8 Å². The van der Waals surface area contributed by atoms with Crippen LogP contribution in [0.5, 0.6) is 0 Å². The first-order chi connectivity index (χ1) is 7.13. The standard InChI is InChI=1S/C10H19N5/c1-5-8-12-9(14-11)7(3)10(13-8)15(4)6-2/h5-6,11H2,1-4H3,(H,12,13,14). The van der Waals surface area contributed by atoms with E-state index in [0.29, 0.717) is 5.82 Å². The lowest BCUT2D eigenvalue weighted by molar-refractivity contribution is 0.870. The summed E-state index contributed by atoms with van der Waals surface area (Å²) < 4.78 is 0. The fourth-order valence-corrected chi connectivity index (χ4v) is 1.37. The van der Waals surface area contributed by atoms with Gasteiger partial charge in [0.15, 0.2) is 0 Å². The fourth-order valence-electron chi connectivity index (χ4n) is 1.37. The van der Waals surface area contributed by atoms with Gasteiger partial charge in [0.25, 0.3) is 0 Å². The first kappa shape index (κ1) is 11.7. The highest BCUT2D eigenvalue weighted by molar-refractivity contribution is 5.57. The summed E-state index contributed by atoms with van der Waals surface area (Å²) in [5, 5.41) is 0. The lowest BCUT2D eigenvalue weighted by Crippen LogP contribution is -2.21. The van der Waals surface area contributed by atoms with E-state index in [2.05, 4.69) is 27.2 Å². The Bertz CT molecular complexity index is 337. The van der Waals surface area contributed by atoms with Crippen molar-refractivity contribution >= 4 is 11.6 Å². The maximum atomic E-state index is 5.43. The minimum atomic E-state index is 0.706. The van der Waals surface area contributed by atoms with Gasteiger partial charge in [-0.2, -0.15) is 0 Å². The van der Waals surface area contributed by atoms with Gasteiger partial charge >= 0.3 is 0 Å². The van der Waals surface area contributed by atoms with Gasteiger partial charge in [0.1, 0.15) is 17.5 Å². The quantitative estimate of drug-likeness (QED) is 0.574. The molecule has 0 unspecified atom stereocenters. The molecule has 0 fully saturated rings. The number of aryl methyl sites for hydroxylation is 1. The molecule has 3 N–H and O–H groups in total. The van der Waals surface area contributed by atoms with Crippen molar-refractivity contribution in [1.82, 2.24) is 9.97 Å². The van der Waals surface area contributed by atoms with E-state index in [0.717, 1.165) is 30.2 Å². The van der Waals surface area contributed by atoms with Crippen LogP contribution in [0.1, 0.15) is 25.2 Å². The molecule has 1 aromatic heterocycles. The maximum Gasteiger partial charge on any atom is 0.148 e. The Morgan fingerprint density at radius 3 is 2.47 bits per heavy atom. The van der Waals surface area contributed by atoms with Crippen molar-refractivity contribution in [3.05, 3.63) is 11.4 Å². The number of aromatic nitrogens is 2. The van der Waals surface area contributed by atoms with Gasteiger partial charge in [0, 0.05) is 25.6 Å². The first-order valence-corrected chi connectivity index (χ1v) is 5.19. The Labute approximate surface area is 90.7 Å². The molecule has 1 heterocycles. The van der Waals surface area contributed by atoms with Gasteiger partial charge in [-0.05, 0) is 13.8 Å². The van der Waals surface area contributed by atoms with E-state index in [1.807, 2.05) is 20.9 Å². The largest absolute Gasteiger partial charge is 0.360 e. The van der Waals surface area contributed by atoms with Crippen LogP contribution in [0.25, 0.3) is 0 Å². The van der Waals surface area contributed by atoms with Gasteiger partial charge in [-0.3, -0.25) is 0 Å². The summed E-state index contributed by atoms with van der Waals surface area (Å²) in [5.74, 6) is 7.88. The predicted molar refractivity (Wildman–Crippen MR) is 62.9 cm³/mol. The summed E-state index contributed by atoms with van der Waals surface area (Å²) in [7, 11) is 2.01. The van der Waals surface area contributed by atoms with Crippen LogP contribution in [0.15, 0.2) is 0 Å². The van der Waals surface area contributed by atoms with Crippen LogP contribution in [-0.2, 0) is 6.42 Å². The minimum Gasteiger partial charge on any atom is -0.360 e. The fraction of sp³-hybridized carbons (Fsp3) is 0.600. The van der Waals surface area contributed by atoms with Crippen LogP contribution in [0.4, 0.5) is 11.6 Å². The van der Waals surface area contributed by atoms with Crippen molar-refractivity contribution in [1.29, 1.82) is 0 Å². The molecule has 5 nitrogen and oxygen atoms in total. The molecular weight excluding hydrogens is 190 g/mol. The van der Waals surface area contributed by atoms with Crippen molar-refractivity contribution in [3.63, 3.8) is 0 Å². The summed E-state index contributed by atoms with van der Waals surface area (Å²) in [6, 6.07) is 0. The highest BCUT2D eigenvalue weighted by Crippen LogP contribution is 2.21. The molecule has 0 amide bonds. The number of hydrazine groups is 1. The molecule has 84 valence electrons. The molecule has 0 aliphatic rings. The molecule has 0 radical (unpaired) electrons. The van der Waals surface area contributed by atoms with E-state index in [1.165, 1.54) is 0 Å². The highest BCUT2D eigenvalue weighted by atomic mass is 15.3. The SMILES string of the molecule is CCc1nc(NN)c(C)c(N(C)CC)n1. The van der Waals surface area contributed by atoms with Crippen molar-refractivity contribution in [2.75, 3.05) is 23.9 Å². The van der Waals surface area contributed by atoms with Crippen LogP contribution in [0.2, 0.25) is 0 Å². The summed E-state index contributed by atoms with van der Waals surface area (Å²) in [5.41, 5.74) is 3.60. The van der Waals surface area contributed by atoms with E-state index >= 15 is 0 Å². The molecule has 0 spiro atoms. The number of nitrogens with zero attached hydrogens (tertiary/aromatic N) is 3. The second-order valence-corrected chi connectivity index (χ2v) is 3.45. The highest BCUT2D eigenvalue weighted by Gasteiger charge is 2.11. The molecule has 1 rings (SSSR count). The van der Waals surface area contributed by atoms with E-state index in [-0.39, 0.29) is 0 Å². The zero-order valence-electron chi connectivity index (χ0n) is 9.83. The van der Waals surface area contributed by atoms with Crippen molar-refractivity contribution in [2.24, 2.45) is 5.84 Å². The van der Waals surface area contributed by atoms with Gasteiger partial charge in [-0.1, -0.05) is 6.92 Å². The average Bonchev–Trinajstić information content (AvgIpc) is 2.28.